The molecule has 0 fully saturated rings. The van der Waals surface area contributed by atoms with Crippen molar-refractivity contribution in [1.29, 1.82) is 0 Å². The lowest BCUT2D eigenvalue weighted by atomic mass is 9.85. The van der Waals surface area contributed by atoms with E-state index in [1.165, 1.54) is 11.7 Å². The Morgan fingerprint density at radius 2 is 1.82 bits per heavy atom. The molecule has 1 unspecified atom stereocenters. The van der Waals surface area contributed by atoms with Gasteiger partial charge in [-0.3, -0.25) is 14.2 Å². The molecular formula is C30H29N3O4S. The van der Waals surface area contributed by atoms with Crippen LogP contribution in [-0.2, 0) is 19.7 Å². The van der Waals surface area contributed by atoms with Crippen LogP contribution < -0.4 is 19.8 Å². The molecule has 1 atom stereocenters. The quantitative estimate of drug-likeness (QED) is 0.384. The van der Waals surface area contributed by atoms with E-state index in [9.17, 15) is 14.4 Å². The van der Waals surface area contributed by atoms with E-state index < -0.39 is 12.0 Å². The molecule has 3 aromatic rings. The van der Waals surface area contributed by atoms with Crippen LogP contribution in [-0.4, -0.2) is 30.1 Å². The van der Waals surface area contributed by atoms with Crippen LogP contribution in [0.3, 0.4) is 0 Å². The van der Waals surface area contributed by atoms with Crippen molar-refractivity contribution in [2.45, 2.75) is 39.2 Å². The summed E-state index contributed by atoms with van der Waals surface area (Å²) in [5, 5.41) is 0. The van der Waals surface area contributed by atoms with Crippen LogP contribution in [0.25, 0.3) is 5.57 Å². The summed E-state index contributed by atoms with van der Waals surface area (Å²) >= 11 is 1.16. The Morgan fingerprint density at radius 3 is 2.45 bits per heavy atom. The number of rotatable bonds is 4. The number of amides is 1. The number of esters is 1. The van der Waals surface area contributed by atoms with Crippen LogP contribution >= 0.6 is 11.3 Å². The predicted molar refractivity (Wildman–Crippen MR) is 149 cm³/mol. The third-order valence-electron chi connectivity index (χ3n) is 6.96. The molecule has 2 aliphatic heterocycles. The number of hydrogen-bond donors (Lipinski definition) is 0. The van der Waals surface area contributed by atoms with E-state index in [2.05, 4.69) is 32.3 Å². The van der Waals surface area contributed by atoms with Crippen molar-refractivity contribution in [3.63, 3.8) is 0 Å². The number of carbonyl (C=O) groups is 2. The number of carbonyl (C=O) groups excluding carboxylic acids is 2. The smallest absolute Gasteiger partial charge is 0.338 e. The molecule has 8 heteroatoms. The summed E-state index contributed by atoms with van der Waals surface area (Å²) in [5.41, 5.74) is 4.01. The summed E-state index contributed by atoms with van der Waals surface area (Å²) < 4.78 is 6.92. The molecule has 0 spiro atoms. The summed E-state index contributed by atoms with van der Waals surface area (Å²) in [6.45, 7) is 12.2. The molecule has 194 valence electrons. The summed E-state index contributed by atoms with van der Waals surface area (Å²) in [5.74, 6) is -0.806. The minimum Gasteiger partial charge on any atom is -0.466 e. The maximum absolute atomic E-state index is 14.1. The standard InChI is InChI=1S/C30H29N3O4S/c1-7-16-32-21-11-9-8-10-20(21)23(26(32)34)25-27(35)33-24(18-12-14-19(15-13-18)30(3,4)5)22(28(36)37-6)17(2)31-29(33)38-25/h7-15,24H,1,16H2,2-6H3. The second kappa shape index (κ2) is 9.36. The molecule has 0 bridgehead atoms. The lowest BCUT2D eigenvalue weighted by Crippen LogP contribution is -2.40. The SMILES string of the molecule is C=CCN1C(=O)C(=c2sc3n(c2=O)C(c2ccc(C(C)(C)C)cc2)C(C(=O)OC)=C(C)N=3)c2ccccc21. The van der Waals surface area contributed by atoms with Crippen molar-refractivity contribution < 1.29 is 14.3 Å². The van der Waals surface area contributed by atoms with Gasteiger partial charge in [0, 0.05) is 12.1 Å². The molecule has 3 heterocycles. The first kappa shape index (κ1) is 25.6. The Balaban J connectivity index is 1.80. The molecule has 1 aromatic heterocycles. The number of allylic oxidation sites excluding steroid dienone is 1. The Hall–Kier alpha value is -4.04. The van der Waals surface area contributed by atoms with E-state index in [4.69, 9.17) is 4.74 Å². The number of hydrogen-bond acceptors (Lipinski definition) is 6. The van der Waals surface area contributed by atoms with Gasteiger partial charge in [0.15, 0.2) is 4.80 Å². The average Bonchev–Trinajstić information content (AvgIpc) is 3.35. The van der Waals surface area contributed by atoms with Crippen LogP contribution in [0.4, 0.5) is 5.69 Å². The van der Waals surface area contributed by atoms with Gasteiger partial charge in [-0.05, 0) is 29.5 Å². The highest BCUT2D eigenvalue weighted by Gasteiger charge is 2.37. The number of benzene rings is 2. The molecule has 0 saturated carbocycles. The normalized spacial score (nSPS) is 18.2. The molecule has 38 heavy (non-hydrogen) atoms. The Labute approximate surface area is 224 Å². The van der Waals surface area contributed by atoms with E-state index in [1.54, 1.807) is 17.9 Å². The van der Waals surface area contributed by atoms with Crippen molar-refractivity contribution in [2.75, 3.05) is 18.6 Å². The van der Waals surface area contributed by atoms with Gasteiger partial charge in [-0.15, -0.1) is 6.58 Å². The van der Waals surface area contributed by atoms with Crippen molar-refractivity contribution in [3.05, 3.63) is 109 Å². The molecule has 0 radical (unpaired) electrons. The average molecular weight is 528 g/mol. The monoisotopic (exact) mass is 527 g/mol. The van der Waals surface area contributed by atoms with Gasteiger partial charge in [0.25, 0.3) is 11.5 Å². The van der Waals surface area contributed by atoms with Gasteiger partial charge in [0.05, 0.1) is 35.7 Å². The van der Waals surface area contributed by atoms with E-state index in [0.717, 1.165) is 28.2 Å². The minimum atomic E-state index is -0.738. The van der Waals surface area contributed by atoms with Gasteiger partial charge in [-0.1, -0.05) is 80.6 Å². The fraction of sp³-hybridized carbons (Fsp3) is 0.267. The first-order valence-corrected chi connectivity index (χ1v) is 13.2. The number of aromatic nitrogens is 1. The molecule has 2 aromatic carbocycles. The van der Waals surface area contributed by atoms with Crippen molar-refractivity contribution in [1.82, 2.24) is 4.57 Å². The predicted octanol–water partition coefficient (Wildman–Crippen LogP) is 3.61. The second-order valence-electron chi connectivity index (χ2n) is 10.4. The zero-order valence-electron chi connectivity index (χ0n) is 22.1. The topological polar surface area (TPSA) is 81.0 Å². The van der Waals surface area contributed by atoms with E-state index >= 15 is 0 Å². The van der Waals surface area contributed by atoms with Crippen molar-refractivity contribution in [2.24, 2.45) is 4.99 Å². The molecule has 0 N–H and O–H groups in total. The van der Waals surface area contributed by atoms with Gasteiger partial charge < -0.3 is 9.64 Å². The highest BCUT2D eigenvalue weighted by Crippen LogP contribution is 2.36. The van der Waals surface area contributed by atoms with Crippen LogP contribution in [0.5, 0.6) is 0 Å². The molecule has 0 aliphatic carbocycles. The van der Waals surface area contributed by atoms with Crippen molar-refractivity contribution in [3.8, 4) is 0 Å². The lowest BCUT2D eigenvalue weighted by molar-refractivity contribution is -0.136. The van der Waals surface area contributed by atoms with E-state index in [-0.39, 0.29) is 16.9 Å². The molecule has 1 amide bonds. The maximum Gasteiger partial charge on any atom is 0.338 e. The number of fused-ring (bicyclic) bond motifs is 2. The first-order valence-electron chi connectivity index (χ1n) is 12.3. The van der Waals surface area contributed by atoms with Gasteiger partial charge >= 0.3 is 5.97 Å². The largest absolute Gasteiger partial charge is 0.466 e. The van der Waals surface area contributed by atoms with Gasteiger partial charge in [-0.2, -0.15) is 0 Å². The van der Waals surface area contributed by atoms with Crippen LogP contribution in [0.1, 0.15) is 50.4 Å². The molecular weight excluding hydrogens is 498 g/mol. The highest BCUT2D eigenvalue weighted by molar-refractivity contribution is 7.07. The summed E-state index contributed by atoms with van der Waals surface area (Å²) in [7, 11) is 1.32. The second-order valence-corrected chi connectivity index (χ2v) is 11.3. The fourth-order valence-corrected chi connectivity index (χ4v) is 6.17. The fourth-order valence-electron chi connectivity index (χ4n) is 5.03. The maximum atomic E-state index is 14.1. The first-order chi connectivity index (χ1) is 18.1. The third-order valence-corrected chi connectivity index (χ3v) is 8.01. The van der Waals surface area contributed by atoms with E-state index in [1.807, 2.05) is 48.5 Å². The van der Waals surface area contributed by atoms with E-state index in [0.29, 0.717) is 38.3 Å². The van der Waals surface area contributed by atoms with Gasteiger partial charge in [0.2, 0.25) is 0 Å². The zero-order chi connectivity index (χ0) is 27.4. The number of methoxy groups -OCH3 is 1. The lowest BCUT2D eigenvalue weighted by Gasteiger charge is -2.25. The van der Waals surface area contributed by atoms with Crippen molar-refractivity contribution >= 4 is 34.5 Å². The highest BCUT2D eigenvalue weighted by atomic mass is 32.1. The molecule has 5 rings (SSSR count). The number of thiazole rings is 1. The van der Waals surface area contributed by atoms with Crippen LogP contribution in [0.2, 0.25) is 0 Å². The molecule has 0 saturated heterocycles. The summed E-state index contributed by atoms with van der Waals surface area (Å²) in [6.07, 6.45) is 1.66. The third kappa shape index (κ3) is 3.96. The Bertz CT molecular complexity index is 1700. The van der Waals surface area contributed by atoms with Crippen LogP contribution in [0, 0.1) is 0 Å². The number of ether oxygens (including phenoxy) is 1. The zero-order valence-corrected chi connectivity index (χ0v) is 22.9. The molecule has 7 nitrogen and oxygen atoms in total. The summed E-state index contributed by atoms with van der Waals surface area (Å²) in [6, 6.07) is 14.6. The number of anilines is 1. The summed E-state index contributed by atoms with van der Waals surface area (Å²) in [4.78, 5) is 47.3. The molecule has 2 aliphatic rings. The van der Waals surface area contributed by atoms with Crippen LogP contribution in [0.15, 0.2) is 82.2 Å². The Kier molecular flexibility index (Phi) is 6.31. The number of nitrogens with zero attached hydrogens (tertiary/aromatic N) is 3. The minimum absolute atomic E-state index is 0.0565. The Morgan fingerprint density at radius 1 is 1.13 bits per heavy atom. The van der Waals surface area contributed by atoms with Gasteiger partial charge in [0.1, 0.15) is 4.53 Å². The van der Waals surface area contributed by atoms with Gasteiger partial charge in [-0.25, -0.2) is 9.79 Å². The number of para-hydroxylation sites is 1.